The molecule has 19 heavy (non-hydrogen) atoms. The molecule has 0 spiro atoms. The Hall–Kier alpha value is -1.94. The quantitative estimate of drug-likeness (QED) is 0.817. The molecular weight excluding hydrogens is 258 g/mol. The van der Waals surface area contributed by atoms with Gasteiger partial charge in [-0.15, -0.1) is 11.3 Å². The molecule has 1 N–H and O–H groups in total. The molecule has 4 heteroatoms. The van der Waals surface area contributed by atoms with Gasteiger partial charge in [-0.25, -0.2) is 0 Å². The lowest BCUT2D eigenvalue weighted by atomic mass is 10.1. The van der Waals surface area contributed by atoms with E-state index in [0.29, 0.717) is 18.5 Å². The van der Waals surface area contributed by atoms with Crippen LogP contribution in [0.25, 0.3) is 0 Å². The number of benzene rings is 1. The van der Waals surface area contributed by atoms with Gasteiger partial charge in [-0.05, 0) is 42.6 Å². The topological polar surface area (TPSA) is 46.2 Å². The van der Waals surface area contributed by atoms with Crippen molar-refractivity contribution < 1.29 is 9.59 Å². The van der Waals surface area contributed by atoms with Crippen LogP contribution in [0.1, 0.15) is 33.4 Å². The highest BCUT2D eigenvalue weighted by Crippen LogP contribution is 2.13. The van der Waals surface area contributed by atoms with Crippen LogP contribution in [-0.4, -0.2) is 18.1 Å². The lowest BCUT2D eigenvalue weighted by Gasteiger charge is -2.05. The van der Waals surface area contributed by atoms with Crippen molar-refractivity contribution in [3.8, 4) is 0 Å². The van der Waals surface area contributed by atoms with Crippen LogP contribution in [0, 0.1) is 0 Å². The number of hydrogen-bond donors (Lipinski definition) is 1. The van der Waals surface area contributed by atoms with Gasteiger partial charge in [0.25, 0.3) is 0 Å². The van der Waals surface area contributed by atoms with Crippen LogP contribution in [0.5, 0.6) is 0 Å². The lowest BCUT2D eigenvalue weighted by molar-refractivity contribution is 0.0988. The van der Waals surface area contributed by atoms with Crippen molar-refractivity contribution in [3.05, 3.63) is 52.2 Å². The normalized spacial score (nSPS) is 10.2. The maximum absolute atomic E-state index is 11.8. The summed E-state index contributed by atoms with van der Waals surface area (Å²) in [6, 6.07) is 11.0. The number of thiophene rings is 1. The number of nitrogens with one attached hydrogen (secondary N) is 1. The predicted molar refractivity (Wildman–Crippen MR) is 78.2 cm³/mol. The van der Waals surface area contributed by atoms with E-state index in [1.54, 1.807) is 19.1 Å². The van der Waals surface area contributed by atoms with Gasteiger partial charge >= 0.3 is 0 Å². The Labute approximate surface area is 116 Å². The Kier molecular flexibility index (Phi) is 4.47. The first kappa shape index (κ1) is 13.5. The summed E-state index contributed by atoms with van der Waals surface area (Å²) in [4.78, 5) is 23.7. The van der Waals surface area contributed by atoms with E-state index in [9.17, 15) is 9.59 Å². The van der Waals surface area contributed by atoms with Gasteiger partial charge in [-0.1, -0.05) is 6.07 Å². The van der Waals surface area contributed by atoms with Gasteiger partial charge in [0.05, 0.1) is 4.88 Å². The summed E-state index contributed by atoms with van der Waals surface area (Å²) in [6.45, 7) is 2.14. The lowest BCUT2D eigenvalue weighted by Crippen LogP contribution is -2.07. The second kappa shape index (κ2) is 6.29. The van der Waals surface area contributed by atoms with Gasteiger partial charge in [0.1, 0.15) is 0 Å². The van der Waals surface area contributed by atoms with Gasteiger partial charge in [-0.2, -0.15) is 0 Å². The van der Waals surface area contributed by atoms with Crippen molar-refractivity contribution in [2.75, 3.05) is 11.9 Å². The molecule has 0 fully saturated rings. The van der Waals surface area contributed by atoms with E-state index in [0.717, 1.165) is 10.6 Å². The van der Waals surface area contributed by atoms with E-state index in [1.165, 1.54) is 11.3 Å². The predicted octanol–water partition coefficient (Wildman–Crippen LogP) is 3.64. The van der Waals surface area contributed by atoms with Crippen molar-refractivity contribution >= 4 is 28.6 Å². The van der Waals surface area contributed by atoms with E-state index in [1.807, 2.05) is 29.6 Å². The molecule has 2 rings (SSSR count). The fraction of sp³-hybridized carbons (Fsp3) is 0.200. The first-order valence-electron chi connectivity index (χ1n) is 6.08. The highest BCUT2D eigenvalue weighted by Gasteiger charge is 2.06. The van der Waals surface area contributed by atoms with E-state index in [-0.39, 0.29) is 11.6 Å². The zero-order valence-electron chi connectivity index (χ0n) is 10.7. The van der Waals surface area contributed by atoms with Gasteiger partial charge in [0, 0.05) is 24.2 Å². The molecule has 0 aliphatic rings. The smallest absolute Gasteiger partial charge is 0.174 e. The van der Waals surface area contributed by atoms with Crippen LogP contribution in [0.3, 0.4) is 0 Å². The Morgan fingerprint density at radius 1 is 1.16 bits per heavy atom. The van der Waals surface area contributed by atoms with Crippen LogP contribution in [0.15, 0.2) is 41.8 Å². The molecule has 0 atom stereocenters. The molecular formula is C15H15NO2S. The SMILES string of the molecule is CC(=O)c1ccc(NCCC(=O)c2cccs2)cc1. The average molecular weight is 273 g/mol. The van der Waals surface area contributed by atoms with Crippen molar-refractivity contribution in [2.24, 2.45) is 0 Å². The second-order valence-electron chi connectivity index (χ2n) is 4.21. The maximum atomic E-state index is 11.8. The summed E-state index contributed by atoms with van der Waals surface area (Å²) in [7, 11) is 0. The summed E-state index contributed by atoms with van der Waals surface area (Å²) < 4.78 is 0. The summed E-state index contributed by atoms with van der Waals surface area (Å²) in [5.74, 6) is 0.210. The molecule has 3 nitrogen and oxygen atoms in total. The van der Waals surface area contributed by atoms with Crippen molar-refractivity contribution in [3.63, 3.8) is 0 Å². The Bertz CT molecular complexity index is 558. The van der Waals surface area contributed by atoms with Gasteiger partial charge in [-0.3, -0.25) is 9.59 Å². The third kappa shape index (κ3) is 3.76. The van der Waals surface area contributed by atoms with E-state index < -0.39 is 0 Å². The fourth-order valence-corrected chi connectivity index (χ4v) is 2.40. The fourth-order valence-electron chi connectivity index (χ4n) is 1.70. The minimum Gasteiger partial charge on any atom is -0.385 e. The molecule has 0 unspecified atom stereocenters. The summed E-state index contributed by atoms with van der Waals surface area (Å²) >= 11 is 1.47. The van der Waals surface area contributed by atoms with Crippen molar-refractivity contribution in [2.45, 2.75) is 13.3 Å². The molecule has 0 aliphatic carbocycles. The van der Waals surface area contributed by atoms with Gasteiger partial charge in [0.2, 0.25) is 0 Å². The van der Waals surface area contributed by atoms with Crippen molar-refractivity contribution in [1.82, 2.24) is 0 Å². The second-order valence-corrected chi connectivity index (χ2v) is 5.16. The zero-order chi connectivity index (χ0) is 13.7. The van der Waals surface area contributed by atoms with E-state index in [4.69, 9.17) is 0 Å². The minimum absolute atomic E-state index is 0.0550. The summed E-state index contributed by atoms with van der Waals surface area (Å²) in [5.41, 5.74) is 1.61. The molecule has 0 saturated carbocycles. The van der Waals surface area contributed by atoms with Crippen LogP contribution >= 0.6 is 11.3 Å². The van der Waals surface area contributed by atoms with Gasteiger partial charge in [0.15, 0.2) is 11.6 Å². The number of carbonyl (C=O) groups is 2. The third-order valence-corrected chi connectivity index (χ3v) is 3.68. The molecule has 0 aliphatic heterocycles. The highest BCUT2D eigenvalue weighted by molar-refractivity contribution is 7.12. The number of Topliss-reactive ketones (excluding diaryl/α,β-unsaturated/α-hetero) is 2. The zero-order valence-corrected chi connectivity index (χ0v) is 11.5. The van der Waals surface area contributed by atoms with Crippen LogP contribution in [-0.2, 0) is 0 Å². The van der Waals surface area contributed by atoms with E-state index in [2.05, 4.69) is 5.32 Å². The number of carbonyl (C=O) groups excluding carboxylic acids is 2. The molecule has 1 aromatic carbocycles. The highest BCUT2D eigenvalue weighted by atomic mass is 32.1. The number of anilines is 1. The average Bonchev–Trinajstić information content (AvgIpc) is 2.93. The molecule has 98 valence electrons. The maximum Gasteiger partial charge on any atom is 0.174 e. The standard InChI is InChI=1S/C15H15NO2S/c1-11(17)12-4-6-13(7-5-12)16-9-8-14(18)15-3-2-10-19-15/h2-7,10,16H,8-9H2,1H3. The monoisotopic (exact) mass is 273 g/mol. The third-order valence-electron chi connectivity index (χ3n) is 2.77. The van der Waals surface area contributed by atoms with Crippen LogP contribution < -0.4 is 5.32 Å². The van der Waals surface area contributed by atoms with Crippen molar-refractivity contribution in [1.29, 1.82) is 0 Å². The number of hydrogen-bond acceptors (Lipinski definition) is 4. The minimum atomic E-state index is 0.0550. The molecule has 0 radical (unpaired) electrons. The van der Waals surface area contributed by atoms with E-state index >= 15 is 0 Å². The number of ketones is 2. The molecule has 0 saturated heterocycles. The van der Waals surface area contributed by atoms with Gasteiger partial charge < -0.3 is 5.32 Å². The van der Waals surface area contributed by atoms with Crippen LogP contribution in [0.4, 0.5) is 5.69 Å². The van der Waals surface area contributed by atoms with Crippen LogP contribution in [0.2, 0.25) is 0 Å². The summed E-state index contributed by atoms with van der Waals surface area (Å²) in [5, 5.41) is 5.08. The molecule has 1 heterocycles. The first-order chi connectivity index (χ1) is 9.16. The largest absolute Gasteiger partial charge is 0.385 e. The molecule has 0 amide bonds. The molecule has 1 aromatic heterocycles. The number of rotatable bonds is 6. The Balaban J connectivity index is 1.82. The Morgan fingerprint density at radius 2 is 1.89 bits per heavy atom. The molecule has 0 bridgehead atoms. The summed E-state index contributed by atoms with van der Waals surface area (Å²) in [6.07, 6.45) is 0.467. The Morgan fingerprint density at radius 3 is 2.47 bits per heavy atom. The first-order valence-corrected chi connectivity index (χ1v) is 6.96. The molecule has 2 aromatic rings.